The van der Waals surface area contributed by atoms with Crippen LogP contribution in [-0.2, 0) is 12.8 Å². The van der Waals surface area contributed by atoms with E-state index in [1.165, 1.54) is 32.4 Å². The molecule has 1 aliphatic heterocycles. The van der Waals surface area contributed by atoms with Crippen molar-refractivity contribution in [3.05, 3.63) is 29.3 Å². The predicted molar refractivity (Wildman–Crippen MR) is 143 cm³/mol. The number of unbranched alkanes of at least 4 members (excludes halogenated alkanes) is 6. The second-order valence-corrected chi connectivity index (χ2v) is 10.8. The quantitative estimate of drug-likeness (QED) is 0.198. The lowest BCUT2D eigenvalue weighted by Gasteiger charge is -2.26. The third kappa shape index (κ3) is 13.8. The van der Waals surface area contributed by atoms with Gasteiger partial charge in [0.15, 0.2) is 0 Å². The van der Waals surface area contributed by atoms with Gasteiger partial charge in [-0.25, -0.2) is 0 Å². The van der Waals surface area contributed by atoms with E-state index in [9.17, 15) is 23.4 Å². The Balaban J connectivity index is 1.81. The van der Waals surface area contributed by atoms with Crippen LogP contribution in [0.5, 0.6) is 5.75 Å². The molecule has 1 heterocycles. The number of nitrogens with two attached hydrogens (primary N) is 1. The van der Waals surface area contributed by atoms with Crippen molar-refractivity contribution in [2.75, 3.05) is 39.5 Å². The highest BCUT2D eigenvalue weighted by molar-refractivity contribution is 5.37. The van der Waals surface area contributed by atoms with E-state index >= 15 is 0 Å². The van der Waals surface area contributed by atoms with E-state index in [-0.39, 0.29) is 19.6 Å². The number of piperidine rings is 1. The number of nitrogens with zero attached hydrogens (tertiary/aromatic N) is 1. The van der Waals surface area contributed by atoms with E-state index in [1.807, 2.05) is 12.1 Å². The number of alkyl halides is 3. The Kier molecular flexibility index (Phi) is 14.9. The molecule has 1 aromatic carbocycles. The van der Waals surface area contributed by atoms with Crippen LogP contribution in [0.25, 0.3) is 0 Å². The first kappa shape index (κ1) is 31.9. The Bertz CT molecular complexity index is 736. The van der Waals surface area contributed by atoms with Crippen molar-refractivity contribution in [1.29, 1.82) is 0 Å². The summed E-state index contributed by atoms with van der Waals surface area (Å²) in [5.74, 6) is 0.915. The Morgan fingerprint density at radius 3 is 2.11 bits per heavy atom. The van der Waals surface area contributed by atoms with Gasteiger partial charge in [-0.1, -0.05) is 50.7 Å². The molecule has 4 N–H and O–H groups in total. The first-order chi connectivity index (χ1) is 17.7. The topological polar surface area (TPSA) is 79.0 Å². The molecule has 0 aliphatic carbocycles. The van der Waals surface area contributed by atoms with Gasteiger partial charge in [-0.2, -0.15) is 13.2 Å². The minimum Gasteiger partial charge on any atom is -0.493 e. The van der Waals surface area contributed by atoms with Crippen molar-refractivity contribution in [3.63, 3.8) is 0 Å². The van der Waals surface area contributed by atoms with Gasteiger partial charge in [0.05, 0.1) is 25.4 Å². The van der Waals surface area contributed by atoms with E-state index in [0.29, 0.717) is 25.9 Å². The normalized spacial score (nSPS) is 15.3. The van der Waals surface area contributed by atoms with Gasteiger partial charge in [-0.05, 0) is 81.6 Å². The van der Waals surface area contributed by atoms with Gasteiger partial charge < -0.3 is 25.6 Å². The van der Waals surface area contributed by atoms with Gasteiger partial charge in [-0.3, -0.25) is 0 Å². The van der Waals surface area contributed by atoms with Crippen LogP contribution >= 0.6 is 0 Å². The molecule has 214 valence electrons. The molecule has 5 nitrogen and oxygen atoms in total. The molecule has 0 amide bonds. The molecule has 0 bridgehead atoms. The molecule has 0 saturated carbocycles. The maximum atomic E-state index is 12.2. The standard InChI is InChI=1S/C29H49F3N2O3/c30-29(31,32)16-8-5-3-1-2-4-7-12-26-22-25(15-17-28(33,23-35)24-36)13-14-27(26)37-21-11-20-34-18-9-6-10-19-34/h13-14,22,35-36H,1-12,15-21,23-24,33H2. The molecule has 2 rings (SSSR count). The number of aryl methyl sites for hydroxylation is 2. The highest BCUT2D eigenvalue weighted by Crippen LogP contribution is 2.26. The number of aliphatic hydroxyl groups excluding tert-OH is 2. The van der Waals surface area contributed by atoms with Gasteiger partial charge in [-0.15, -0.1) is 0 Å². The van der Waals surface area contributed by atoms with Crippen molar-refractivity contribution in [2.45, 2.75) is 108 Å². The molecular formula is C29H49F3N2O3. The molecule has 0 radical (unpaired) electrons. The summed E-state index contributed by atoms with van der Waals surface area (Å²) >= 11 is 0. The molecule has 0 spiro atoms. The largest absolute Gasteiger partial charge is 0.493 e. The zero-order valence-electron chi connectivity index (χ0n) is 22.5. The Labute approximate surface area is 221 Å². The molecule has 0 aromatic heterocycles. The van der Waals surface area contributed by atoms with Crippen molar-refractivity contribution >= 4 is 0 Å². The fourth-order valence-corrected chi connectivity index (χ4v) is 4.90. The van der Waals surface area contributed by atoms with Gasteiger partial charge in [0, 0.05) is 13.0 Å². The second kappa shape index (κ2) is 17.3. The van der Waals surface area contributed by atoms with E-state index in [4.69, 9.17) is 10.5 Å². The highest BCUT2D eigenvalue weighted by Gasteiger charge is 2.25. The molecule has 37 heavy (non-hydrogen) atoms. The number of rotatable bonds is 19. The predicted octanol–water partition coefficient (Wildman–Crippen LogP) is 5.78. The Hall–Kier alpha value is -1.35. The third-order valence-electron chi connectivity index (χ3n) is 7.40. The minimum atomic E-state index is -4.04. The summed E-state index contributed by atoms with van der Waals surface area (Å²) < 4.78 is 42.9. The minimum absolute atomic E-state index is 0.228. The average molecular weight is 531 g/mol. The first-order valence-corrected chi connectivity index (χ1v) is 14.3. The lowest BCUT2D eigenvalue weighted by molar-refractivity contribution is -0.135. The highest BCUT2D eigenvalue weighted by atomic mass is 19.4. The fourth-order valence-electron chi connectivity index (χ4n) is 4.90. The molecule has 8 heteroatoms. The van der Waals surface area contributed by atoms with Gasteiger partial charge in [0.25, 0.3) is 0 Å². The molecule has 0 unspecified atom stereocenters. The first-order valence-electron chi connectivity index (χ1n) is 14.3. The van der Waals surface area contributed by atoms with E-state index in [0.717, 1.165) is 68.4 Å². The molecule has 0 atom stereocenters. The number of likely N-dealkylation sites (tertiary alicyclic amines) is 1. The summed E-state index contributed by atoms with van der Waals surface area (Å²) in [6.07, 6.45) is 8.01. The molecule has 1 aliphatic rings. The third-order valence-corrected chi connectivity index (χ3v) is 7.40. The van der Waals surface area contributed by atoms with Crippen LogP contribution in [0.15, 0.2) is 18.2 Å². The van der Waals surface area contributed by atoms with E-state index in [2.05, 4.69) is 11.0 Å². The summed E-state index contributed by atoms with van der Waals surface area (Å²) in [5, 5.41) is 19.0. The van der Waals surface area contributed by atoms with E-state index in [1.54, 1.807) is 0 Å². The van der Waals surface area contributed by atoms with Crippen LogP contribution < -0.4 is 10.5 Å². The van der Waals surface area contributed by atoms with E-state index < -0.39 is 18.1 Å². The Morgan fingerprint density at radius 2 is 1.46 bits per heavy atom. The monoisotopic (exact) mass is 530 g/mol. The summed E-state index contributed by atoms with van der Waals surface area (Å²) in [7, 11) is 0. The maximum absolute atomic E-state index is 12.2. The summed E-state index contributed by atoms with van der Waals surface area (Å²) in [6.45, 7) is 3.60. The molecular weight excluding hydrogens is 481 g/mol. The number of ether oxygens (including phenoxy) is 1. The summed E-state index contributed by atoms with van der Waals surface area (Å²) in [4.78, 5) is 2.52. The van der Waals surface area contributed by atoms with Crippen molar-refractivity contribution in [2.24, 2.45) is 5.73 Å². The fraction of sp³-hybridized carbons (Fsp3) is 0.793. The van der Waals surface area contributed by atoms with Crippen LogP contribution in [0.4, 0.5) is 13.2 Å². The smallest absolute Gasteiger partial charge is 0.389 e. The summed E-state index contributed by atoms with van der Waals surface area (Å²) in [6, 6.07) is 6.23. The van der Waals surface area contributed by atoms with Gasteiger partial charge in [0.1, 0.15) is 5.75 Å². The SMILES string of the molecule is NC(CO)(CO)CCc1ccc(OCCCN2CCCCC2)c(CCCCCCCCCC(F)(F)F)c1. The average Bonchev–Trinajstić information content (AvgIpc) is 2.89. The molecule has 1 fully saturated rings. The van der Waals surface area contributed by atoms with Crippen LogP contribution in [0.2, 0.25) is 0 Å². The van der Waals surface area contributed by atoms with Gasteiger partial charge in [0.2, 0.25) is 0 Å². The van der Waals surface area contributed by atoms with Crippen LogP contribution in [0, 0.1) is 0 Å². The van der Waals surface area contributed by atoms with Crippen molar-refractivity contribution in [3.8, 4) is 5.75 Å². The summed E-state index contributed by atoms with van der Waals surface area (Å²) in [5.41, 5.74) is 7.34. The second-order valence-electron chi connectivity index (χ2n) is 10.8. The maximum Gasteiger partial charge on any atom is 0.389 e. The van der Waals surface area contributed by atoms with Crippen LogP contribution in [0.1, 0.15) is 94.6 Å². The number of hydrogen-bond donors (Lipinski definition) is 3. The number of halogens is 3. The zero-order chi connectivity index (χ0) is 27.0. The van der Waals surface area contributed by atoms with Crippen molar-refractivity contribution < 1.29 is 28.1 Å². The molecule has 1 aromatic rings. The van der Waals surface area contributed by atoms with Crippen molar-refractivity contribution in [1.82, 2.24) is 4.90 Å². The lowest BCUT2D eigenvalue weighted by Crippen LogP contribution is -2.47. The number of aliphatic hydroxyl groups is 2. The van der Waals surface area contributed by atoms with Crippen LogP contribution in [-0.4, -0.2) is 66.3 Å². The number of hydrogen-bond acceptors (Lipinski definition) is 5. The van der Waals surface area contributed by atoms with Gasteiger partial charge >= 0.3 is 6.18 Å². The molecule has 1 saturated heterocycles. The zero-order valence-corrected chi connectivity index (χ0v) is 22.5. The van der Waals surface area contributed by atoms with Crippen LogP contribution in [0.3, 0.4) is 0 Å². The lowest BCUT2D eigenvalue weighted by atomic mass is 9.92. The number of benzene rings is 1. The Morgan fingerprint density at radius 1 is 0.811 bits per heavy atom.